The summed E-state index contributed by atoms with van der Waals surface area (Å²) in [6.45, 7) is -0.301. The topological polar surface area (TPSA) is 68.3 Å². The number of nitrogens with zero attached hydrogens (tertiary/aromatic N) is 1. The Balaban J connectivity index is 1.44. The van der Waals surface area contributed by atoms with Crippen molar-refractivity contribution >= 4 is 73.5 Å². The summed E-state index contributed by atoms with van der Waals surface area (Å²) in [5, 5.41) is 2.72. The molecule has 0 aliphatic rings. The Morgan fingerprint density at radius 3 is 2.72 bits per heavy atom. The van der Waals surface area contributed by atoms with E-state index in [-0.39, 0.29) is 18.3 Å². The summed E-state index contributed by atoms with van der Waals surface area (Å²) >= 11 is 4.97. The zero-order valence-electron chi connectivity index (χ0n) is 12.9. The van der Waals surface area contributed by atoms with Crippen LogP contribution in [0.15, 0.2) is 52.9 Å². The Morgan fingerprint density at radius 1 is 1.16 bits per heavy atom. The van der Waals surface area contributed by atoms with E-state index in [1.807, 2.05) is 42.5 Å². The van der Waals surface area contributed by atoms with Crippen LogP contribution in [0.1, 0.15) is 0 Å². The maximum Gasteiger partial charge on any atom is 0.316 e. The van der Waals surface area contributed by atoms with Gasteiger partial charge in [0.1, 0.15) is 0 Å². The molecule has 1 N–H and O–H groups in total. The summed E-state index contributed by atoms with van der Waals surface area (Å²) < 4.78 is 7.82. The van der Waals surface area contributed by atoms with Crippen molar-refractivity contribution in [1.29, 1.82) is 0 Å². The van der Waals surface area contributed by atoms with Gasteiger partial charge in [-0.1, -0.05) is 36.0 Å². The number of rotatable bonds is 6. The number of amides is 1. The van der Waals surface area contributed by atoms with E-state index >= 15 is 0 Å². The standard InChI is InChI=1S/C17H13IN2O3S2/c18-11-5-1-2-6-12(11)19-15(21)9-23-16(22)10-24-17-20-13-7-3-4-8-14(13)25-17/h1-8H,9-10H2,(H,19,21). The van der Waals surface area contributed by atoms with Crippen molar-refractivity contribution in [3.05, 3.63) is 52.1 Å². The molecule has 0 aliphatic carbocycles. The van der Waals surface area contributed by atoms with Crippen LogP contribution >= 0.6 is 45.7 Å². The lowest BCUT2D eigenvalue weighted by Crippen LogP contribution is -2.22. The van der Waals surface area contributed by atoms with Crippen molar-refractivity contribution in [2.75, 3.05) is 17.7 Å². The predicted octanol–water partition coefficient (Wildman–Crippen LogP) is 4.17. The fourth-order valence-corrected chi connectivity index (χ4v) is 4.36. The predicted molar refractivity (Wildman–Crippen MR) is 109 cm³/mol. The third-order valence-electron chi connectivity index (χ3n) is 3.10. The number of anilines is 1. The molecule has 3 rings (SSSR count). The van der Waals surface area contributed by atoms with Crippen LogP contribution in [0.25, 0.3) is 10.2 Å². The SMILES string of the molecule is O=C(COC(=O)CSc1nc2ccccc2s1)Nc1ccccc1I. The highest BCUT2D eigenvalue weighted by atomic mass is 127. The normalized spacial score (nSPS) is 10.6. The molecule has 25 heavy (non-hydrogen) atoms. The second-order valence-electron chi connectivity index (χ2n) is 4.92. The number of ether oxygens (including phenoxy) is 1. The van der Waals surface area contributed by atoms with Gasteiger partial charge in [0.25, 0.3) is 5.91 Å². The molecule has 2 aromatic carbocycles. The molecule has 0 atom stereocenters. The van der Waals surface area contributed by atoms with Crippen LogP contribution in [0.2, 0.25) is 0 Å². The summed E-state index contributed by atoms with van der Waals surface area (Å²) in [6.07, 6.45) is 0. The van der Waals surface area contributed by atoms with Gasteiger partial charge in [-0.05, 0) is 46.9 Å². The second-order valence-corrected chi connectivity index (χ2v) is 8.34. The van der Waals surface area contributed by atoms with Gasteiger partial charge in [-0.3, -0.25) is 9.59 Å². The van der Waals surface area contributed by atoms with Crippen molar-refractivity contribution in [3.8, 4) is 0 Å². The summed E-state index contributed by atoms with van der Waals surface area (Å²) in [4.78, 5) is 28.1. The average Bonchev–Trinajstić information content (AvgIpc) is 3.03. The third kappa shape index (κ3) is 5.16. The molecule has 0 radical (unpaired) electrons. The van der Waals surface area contributed by atoms with Crippen LogP contribution in [0, 0.1) is 3.57 Å². The average molecular weight is 484 g/mol. The molecule has 8 heteroatoms. The lowest BCUT2D eigenvalue weighted by molar-refractivity contribution is -0.144. The minimum atomic E-state index is -0.442. The van der Waals surface area contributed by atoms with Crippen molar-refractivity contribution in [2.24, 2.45) is 0 Å². The van der Waals surface area contributed by atoms with E-state index in [9.17, 15) is 9.59 Å². The van der Waals surface area contributed by atoms with Crippen LogP contribution in [-0.4, -0.2) is 29.2 Å². The zero-order valence-corrected chi connectivity index (χ0v) is 16.7. The van der Waals surface area contributed by atoms with Crippen LogP contribution in [0.5, 0.6) is 0 Å². The van der Waals surface area contributed by atoms with Gasteiger partial charge in [0.05, 0.1) is 21.7 Å². The van der Waals surface area contributed by atoms with Crippen molar-refractivity contribution in [3.63, 3.8) is 0 Å². The van der Waals surface area contributed by atoms with Gasteiger partial charge < -0.3 is 10.1 Å². The molecule has 3 aromatic rings. The van der Waals surface area contributed by atoms with Crippen LogP contribution in [0.4, 0.5) is 5.69 Å². The summed E-state index contributed by atoms with van der Waals surface area (Å²) in [6, 6.07) is 15.2. The number of hydrogen-bond donors (Lipinski definition) is 1. The minimum absolute atomic E-state index is 0.121. The molecule has 128 valence electrons. The Kier molecular flexibility index (Phi) is 6.27. The number of hydrogen-bond acceptors (Lipinski definition) is 6. The summed E-state index contributed by atoms with van der Waals surface area (Å²) in [5.41, 5.74) is 1.62. The fourth-order valence-electron chi connectivity index (χ4n) is 1.97. The molecule has 0 unspecified atom stereocenters. The molecule has 1 aromatic heterocycles. The van der Waals surface area contributed by atoms with Gasteiger partial charge in [0.2, 0.25) is 0 Å². The molecule has 0 bridgehead atoms. The summed E-state index contributed by atoms with van der Waals surface area (Å²) in [5.74, 6) is -0.680. The van der Waals surface area contributed by atoms with Crippen molar-refractivity contribution < 1.29 is 14.3 Å². The number of para-hydroxylation sites is 2. The summed E-state index contributed by atoms with van der Waals surface area (Å²) in [7, 11) is 0. The molecule has 0 saturated carbocycles. The third-order valence-corrected chi connectivity index (χ3v) is 6.19. The van der Waals surface area contributed by atoms with Crippen molar-refractivity contribution in [1.82, 2.24) is 4.98 Å². The smallest absolute Gasteiger partial charge is 0.316 e. The fraction of sp³-hybridized carbons (Fsp3) is 0.118. The van der Waals surface area contributed by atoms with Gasteiger partial charge in [-0.25, -0.2) is 4.98 Å². The number of benzene rings is 2. The monoisotopic (exact) mass is 484 g/mol. The molecule has 0 saturated heterocycles. The number of halogens is 1. The van der Waals surface area contributed by atoms with Crippen molar-refractivity contribution in [2.45, 2.75) is 4.34 Å². The molecule has 0 aliphatic heterocycles. The van der Waals surface area contributed by atoms with Gasteiger partial charge in [-0.15, -0.1) is 11.3 Å². The van der Waals surface area contributed by atoms with E-state index in [1.54, 1.807) is 6.07 Å². The molecule has 0 fully saturated rings. The highest BCUT2D eigenvalue weighted by Gasteiger charge is 2.11. The van der Waals surface area contributed by atoms with E-state index < -0.39 is 5.97 Å². The van der Waals surface area contributed by atoms with Crippen LogP contribution in [0.3, 0.4) is 0 Å². The lowest BCUT2D eigenvalue weighted by Gasteiger charge is -2.07. The molecule has 1 amide bonds. The zero-order chi connectivity index (χ0) is 17.6. The lowest BCUT2D eigenvalue weighted by atomic mass is 10.3. The minimum Gasteiger partial charge on any atom is -0.455 e. The Labute approximate surface area is 166 Å². The molecule has 1 heterocycles. The Morgan fingerprint density at radius 2 is 1.92 bits per heavy atom. The first-order chi connectivity index (χ1) is 12.1. The molecule has 5 nitrogen and oxygen atoms in total. The number of aromatic nitrogens is 1. The van der Waals surface area contributed by atoms with E-state index in [2.05, 4.69) is 32.9 Å². The Bertz CT molecular complexity index is 881. The van der Waals surface area contributed by atoms with E-state index in [4.69, 9.17) is 4.74 Å². The number of esters is 1. The number of nitrogens with one attached hydrogen (secondary N) is 1. The van der Waals surface area contributed by atoms with E-state index in [0.29, 0.717) is 5.69 Å². The first-order valence-corrected chi connectivity index (χ1v) is 10.2. The highest BCUT2D eigenvalue weighted by molar-refractivity contribution is 14.1. The number of thiazole rings is 1. The van der Waals surface area contributed by atoms with Gasteiger partial charge in [0.15, 0.2) is 10.9 Å². The number of carbonyl (C=O) groups excluding carboxylic acids is 2. The maximum atomic E-state index is 11.9. The molecular weight excluding hydrogens is 471 g/mol. The molecule has 0 spiro atoms. The largest absolute Gasteiger partial charge is 0.455 e. The van der Waals surface area contributed by atoms with Gasteiger partial charge in [-0.2, -0.15) is 0 Å². The van der Waals surface area contributed by atoms with E-state index in [1.165, 1.54) is 23.1 Å². The number of carbonyl (C=O) groups is 2. The Hall–Kier alpha value is -1.65. The quantitative estimate of drug-likeness (QED) is 0.323. The van der Waals surface area contributed by atoms with Gasteiger partial charge >= 0.3 is 5.97 Å². The second kappa shape index (κ2) is 8.63. The highest BCUT2D eigenvalue weighted by Crippen LogP contribution is 2.29. The molecular formula is C17H13IN2O3S2. The van der Waals surface area contributed by atoms with E-state index in [0.717, 1.165) is 18.1 Å². The van der Waals surface area contributed by atoms with Crippen LogP contribution in [-0.2, 0) is 14.3 Å². The van der Waals surface area contributed by atoms with Crippen LogP contribution < -0.4 is 5.32 Å². The number of fused-ring (bicyclic) bond motifs is 1. The first-order valence-electron chi connectivity index (χ1n) is 7.30. The first kappa shape index (κ1) is 18.2. The maximum absolute atomic E-state index is 11.9. The van der Waals surface area contributed by atoms with Gasteiger partial charge in [0, 0.05) is 3.57 Å². The number of thioether (sulfide) groups is 1.